The summed E-state index contributed by atoms with van der Waals surface area (Å²) in [5.41, 5.74) is 6.35. The monoisotopic (exact) mass is 307 g/mol. The van der Waals surface area contributed by atoms with Crippen molar-refractivity contribution in [2.24, 2.45) is 5.73 Å². The molecule has 0 aliphatic heterocycles. The van der Waals surface area contributed by atoms with Crippen LogP contribution in [0.2, 0.25) is 5.02 Å². The second-order valence-corrected chi connectivity index (χ2v) is 4.87. The lowest BCUT2D eigenvalue weighted by molar-refractivity contribution is 0.217. The SMILES string of the molecule is NC(=S)c1cccc(OCCOc2ccccc2Cl)c1. The molecule has 0 saturated carbocycles. The molecule has 0 aromatic heterocycles. The normalized spacial score (nSPS) is 10.1. The molecule has 0 radical (unpaired) electrons. The summed E-state index contributed by atoms with van der Waals surface area (Å²) in [4.78, 5) is 0.350. The van der Waals surface area contributed by atoms with Gasteiger partial charge in [-0.3, -0.25) is 0 Å². The fourth-order valence-electron chi connectivity index (χ4n) is 1.61. The van der Waals surface area contributed by atoms with E-state index in [-0.39, 0.29) is 0 Å². The van der Waals surface area contributed by atoms with E-state index >= 15 is 0 Å². The van der Waals surface area contributed by atoms with Crippen LogP contribution in [0.3, 0.4) is 0 Å². The van der Waals surface area contributed by atoms with Crippen LogP contribution in [0, 0.1) is 0 Å². The van der Waals surface area contributed by atoms with E-state index < -0.39 is 0 Å². The number of halogens is 1. The van der Waals surface area contributed by atoms with E-state index in [9.17, 15) is 0 Å². The summed E-state index contributed by atoms with van der Waals surface area (Å²) in [7, 11) is 0. The number of para-hydroxylation sites is 1. The highest BCUT2D eigenvalue weighted by atomic mass is 35.5. The molecule has 0 atom stereocenters. The average molecular weight is 308 g/mol. The van der Waals surface area contributed by atoms with Crippen molar-refractivity contribution in [3.8, 4) is 11.5 Å². The largest absolute Gasteiger partial charge is 0.490 e. The van der Waals surface area contributed by atoms with Gasteiger partial charge in [-0.2, -0.15) is 0 Å². The van der Waals surface area contributed by atoms with Crippen LogP contribution < -0.4 is 15.2 Å². The number of nitrogens with two attached hydrogens (primary N) is 1. The Morgan fingerprint density at radius 3 is 2.55 bits per heavy atom. The van der Waals surface area contributed by atoms with Gasteiger partial charge in [0, 0.05) is 5.56 Å². The van der Waals surface area contributed by atoms with E-state index in [4.69, 9.17) is 39.0 Å². The zero-order valence-corrected chi connectivity index (χ0v) is 12.3. The van der Waals surface area contributed by atoms with Crippen molar-refractivity contribution in [1.82, 2.24) is 0 Å². The van der Waals surface area contributed by atoms with Gasteiger partial charge in [0.15, 0.2) is 0 Å². The molecule has 0 bridgehead atoms. The van der Waals surface area contributed by atoms with Gasteiger partial charge >= 0.3 is 0 Å². The van der Waals surface area contributed by atoms with Crippen LogP contribution in [0.15, 0.2) is 48.5 Å². The minimum absolute atomic E-state index is 0.350. The zero-order valence-electron chi connectivity index (χ0n) is 10.7. The van der Waals surface area contributed by atoms with Crippen LogP contribution in [0.1, 0.15) is 5.56 Å². The van der Waals surface area contributed by atoms with Crippen LogP contribution in [0.5, 0.6) is 11.5 Å². The summed E-state index contributed by atoms with van der Waals surface area (Å²) in [6.07, 6.45) is 0. The minimum Gasteiger partial charge on any atom is -0.490 e. The Hall–Kier alpha value is -1.78. The van der Waals surface area contributed by atoms with Gasteiger partial charge in [0.05, 0.1) is 5.02 Å². The highest BCUT2D eigenvalue weighted by molar-refractivity contribution is 7.80. The van der Waals surface area contributed by atoms with E-state index in [2.05, 4.69) is 0 Å². The van der Waals surface area contributed by atoms with Crippen molar-refractivity contribution in [3.63, 3.8) is 0 Å². The van der Waals surface area contributed by atoms with Crippen molar-refractivity contribution < 1.29 is 9.47 Å². The molecule has 0 spiro atoms. The fraction of sp³-hybridized carbons (Fsp3) is 0.133. The third-order valence-corrected chi connectivity index (χ3v) is 3.11. The fourth-order valence-corrected chi connectivity index (χ4v) is 1.93. The first-order valence-corrected chi connectivity index (χ1v) is 6.85. The van der Waals surface area contributed by atoms with Gasteiger partial charge in [0.2, 0.25) is 0 Å². The second-order valence-electron chi connectivity index (χ2n) is 4.02. The van der Waals surface area contributed by atoms with Gasteiger partial charge in [-0.05, 0) is 24.3 Å². The molecular weight excluding hydrogens is 294 g/mol. The molecule has 0 saturated heterocycles. The predicted molar refractivity (Wildman–Crippen MR) is 84.8 cm³/mol. The van der Waals surface area contributed by atoms with E-state index in [0.29, 0.717) is 34.7 Å². The predicted octanol–water partition coefficient (Wildman–Crippen LogP) is 3.43. The maximum Gasteiger partial charge on any atom is 0.138 e. The number of hydrogen-bond donors (Lipinski definition) is 1. The van der Waals surface area contributed by atoms with Crippen LogP contribution in [-0.4, -0.2) is 18.2 Å². The van der Waals surface area contributed by atoms with Gasteiger partial charge in [0.1, 0.15) is 29.7 Å². The Kier molecular flexibility index (Phi) is 5.21. The number of benzene rings is 2. The Balaban J connectivity index is 1.83. The Labute approximate surface area is 128 Å². The van der Waals surface area contributed by atoms with Crippen molar-refractivity contribution >= 4 is 28.8 Å². The summed E-state index contributed by atoms with van der Waals surface area (Å²) < 4.78 is 11.1. The third kappa shape index (κ3) is 4.11. The van der Waals surface area contributed by atoms with Crippen molar-refractivity contribution in [1.29, 1.82) is 0 Å². The van der Waals surface area contributed by atoms with Crippen molar-refractivity contribution in [2.75, 3.05) is 13.2 Å². The smallest absolute Gasteiger partial charge is 0.138 e. The summed E-state index contributed by atoms with van der Waals surface area (Å²) >= 11 is 10.9. The molecule has 0 fully saturated rings. The molecule has 20 heavy (non-hydrogen) atoms. The molecule has 0 aliphatic carbocycles. The Morgan fingerprint density at radius 1 is 1.05 bits per heavy atom. The lowest BCUT2D eigenvalue weighted by Gasteiger charge is -2.10. The number of hydrogen-bond acceptors (Lipinski definition) is 3. The van der Waals surface area contributed by atoms with E-state index in [1.165, 1.54) is 0 Å². The van der Waals surface area contributed by atoms with Gasteiger partial charge in [0.25, 0.3) is 0 Å². The molecule has 2 aromatic rings. The number of rotatable bonds is 6. The van der Waals surface area contributed by atoms with Gasteiger partial charge in [-0.15, -0.1) is 0 Å². The quantitative estimate of drug-likeness (QED) is 0.656. The van der Waals surface area contributed by atoms with Crippen molar-refractivity contribution in [3.05, 3.63) is 59.1 Å². The van der Waals surface area contributed by atoms with Gasteiger partial charge < -0.3 is 15.2 Å². The Bertz CT molecular complexity index is 604. The molecule has 5 heteroatoms. The van der Waals surface area contributed by atoms with Crippen molar-refractivity contribution in [2.45, 2.75) is 0 Å². The zero-order chi connectivity index (χ0) is 14.4. The van der Waals surface area contributed by atoms with Crippen LogP contribution in [-0.2, 0) is 0 Å². The lowest BCUT2D eigenvalue weighted by Crippen LogP contribution is -2.11. The molecule has 0 amide bonds. The van der Waals surface area contributed by atoms with Gasteiger partial charge in [-0.25, -0.2) is 0 Å². The molecule has 0 heterocycles. The van der Waals surface area contributed by atoms with Crippen LogP contribution in [0.25, 0.3) is 0 Å². The molecule has 3 nitrogen and oxygen atoms in total. The number of ether oxygens (including phenoxy) is 2. The highest BCUT2D eigenvalue weighted by Gasteiger charge is 2.01. The molecule has 104 valence electrons. The molecular formula is C15H14ClNO2S. The summed E-state index contributed by atoms with van der Waals surface area (Å²) in [6, 6.07) is 14.7. The first-order chi connectivity index (χ1) is 9.66. The third-order valence-electron chi connectivity index (χ3n) is 2.56. The van der Waals surface area contributed by atoms with Crippen LogP contribution in [0.4, 0.5) is 0 Å². The minimum atomic E-state index is 0.350. The lowest BCUT2D eigenvalue weighted by atomic mass is 10.2. The van der Waals surface area contributed by atoms with E-state index in [1.807, 2.05) is 36.4 Å². The second kappa shape index (κ2) is 7.12. The highest BCUT2D eigenvalue weighted by Crippen LogP contribution is 2.23. The molecule has 0 unspecified atom stereocenters. The maximum atomic E-state index is 5.98. The standard InChI is InChI=1S/C15H14ClNO2S/c16-13-6-1-2-7-14(13)19-9-8-18-12-5-3-4-11(10-12)15(17)20/h1-7,10H,8-9H2,(H2,17,20). The molecule has 2 aromatic carbocycles. The Morgan fingerprint density at radius 2 is 1.80 bits per heavy atom. The van der Waals surface area contributed by atoms with E-state index in [1.54, 1.807) is 12.1 Å². The summed E-state index contributed by atoms with van der Waals surface area (Å²) in [6.45, 7) is 0.813. The average Bonchev–Trinajstić information content (AvgIpc) is 2.45. The van der Waals surface area contributed by atoms with Crippen LogP contribution >= 0.6 is 23.8 Å². The first kappa shape index (κ1) is 14.6. The topological polar surface area (TPSA) is 44.5 Å². The molecule has 0 aliphatic rings. The summed E-state index contributed by atoms with van der Waals surface area (Å²) in [5, 5.41) is 0.586. The molecule has 2 N–H and O–H groups in total. The first-order valence-electron chi connectivity index (χ1n) is 6.07. The maximum absolute atomic E-state index is 5.98. The molecule has 2 rings (SSSR count). The summed E-state index contributed by atoms with van der Waals surface area (Å²) in [5.74, 6) is 1.35. The number of thiocarbonyl (C=S) groups is 1. The van der Waals surface area contributed by atoms with Gasteiger partial charge in [-0.1, -0.05) is 48.1 Å². The van der Waals surface area contributed by atoms with E-state index in [0.717, 1.165) is 5.56 Å².